The van der Waals surface area contributed by atoms with Gasteiger partial charge >= 0.3 is 0 Å². The highest BCUT2D eigenvalue weighted by atomic mass is 32.2. The molecule has 2 heterocycles. The molecule has 0 saturated heterocycles. The fraction of sp³-hybridized carbons (Fsp3) is 0.500. The summed E-state index contributed by atoms with van der Waals surface area (Å²) in [7, 11) is 1.91. The van der Waals surface area contributed by atoms with Crippen LogP contribution in [0.5, 0.6) is 0 Å². The molecule has 0 radical (unpaired) electrons. The summed E-state index contributed by atoms with van der Waals surface area (Å²) < 4.78 is 1.79. The number of rotatable bonds is 6. The summed E-state index contributed by atoms with van der Waals surface area (Å²) in [4.78, 5) is 10.3. The lowest BCUT2D eigenvalue weighted by atomic mass is 10.2. The van der Waals surface area contributed by atoms with Crippen LogP contribution >= 0.6 is 11.8 Å². The van der Waals surface area contributed by atoms with Crippen molar-refractivity contribution in [3.05, 3.63) is 24.3 Å². The molecule has 1 N–H and O–H groups in total. The molecule has 0 saturated carbocycles. The molecular weight excluding hydrogens is 270 g/mol. The quantitative estimate of drug-likeness (QED) is 0.828. The van der Waals surface area contributed by atoms with E-state index in [1.807, 2.05) is 25.5 Å². The monoisotopic (exact) mass is 291 g/mol. The smallest absolute Gasteiger partial charge is 0.134 e. The second-order valence-electron chi connectivity index (χ2n) is 4.98. The van der Waals surface area contributed by atoms with Gasteiger partial charge in [-0.3, -0.25) is 4.68 Å². The number of nitrogens with zero attached hydrogens (tertiary/aromatic N) is 4. The van der Waals surface area contributed by atoms with Crippen LogP contribution in [0.3, 0.4) is 0 Å². The first-order chi connectivity index (χ1) is 9.58. The van der Waals surface area contributed by atoms with E-state index < -0.39 is 0 Å². The minimum Gasteiger partial charge on any atom is -0.370 e. The number of hydrogen-bond donors (Lipinski definition) is 1. The minimum absolute atomic E-state index is 0.312. The van der Waals surface area contributed by atoms with Crippen LogP contribution < -0.4 is 5.32 Å². The maximum Gasteiger partial charge on any atom is 0.134 e. The van der Waals surface area contributed by atoms with E-state index in [1.165, 1.54) is 0 Å². The Balaban J connectivity index is 2.23. The van der Waals surface area contributed by atoms with Crippen LogP contribution in [0, 0.1) is 0 Å². The van der Waals surface area contributed by atoms with Crippen molar-refractivity contribution in [2.45, 2.75) is 43.0 Å². The number of hydrogen-bond acceptors (Lipinski definition) is 5. The Morgan fingerprint density at radius 2 is 2.15 bits per heavy atom. The summed E-state index contributed by atoms with van der Waals surface area (Å²) in [5.74, 6) is 2.08. The van der Waals surface area contributed by atoms with Crippen LogP contribution in [0.25, 0.3) is 0 Å². The van der Waals surface area contributed by atoms with Crippen LogP contribution in [0.4, 0.5) is 5.82 Å². The molecule has 0 amide bonds. The molecule has 5 nitrogen and oxygen atoms in total. The Morgan fingerprint density at radius 1 is 1.35 bits per heavy atom. The molecule has 6 heteroatoms. The zero-order chi connectivity index (χ0) is 14.5. The fourth-order valence-corrected chi connectivity index (χ4v) is 2.53. The van der Waals surface area contributed by atoms with Gasteiger partial charge in [-0.1, -0.05) is 32.5 Å². The summed E-state index contributed by atoms with van der Waals surface area (Å²) in [5.41, 5.74) is 0. The zero-order valence-corrected chi connectivity index (χ0v) is 13.2. The summed E-state index contributed by atoms with van der Waals surface area (Å²) in [6, 6.07) is 2.00. The first-order valence-corrected chi connectivity index (χ1v) is 7.69. The first-order valence-electron chi connectivity index (χ1n) is 6.88. The summed E-state index contributed by atoms with van der Waals surface area (Å²) in [6.45, 7) is 7.28. The lowest BCUT2D eigenvalue weighted by Crippen LogP contribution is -2.06. The van der Waals surface area contributed by atoms with Gasteiger partial charge in [-0.25, -0.2) is 9.97 Å². The second-order valence-corrected chi connectivity index (χ2v) is 6.08. The third-order valence-electron chi connectivity index (χ3n) is 2.70. The second kappa shape index (κ2) is 6.74. The number of aryl methyl sites for hydroxylation is 1. The van der Waals surface area contributed by atoms with Gasteiger partial charge in [-0.2, -0.15) is 5.10 Å². The van der Waals surface area contributed by atoms with Crippen LogP contribution in [0.15, 0.2) is 28.4 Å². The van der Waals surface area contributed by atoms with E-state index in [-0.39, 0.29) is 0 Å². The summed E-state index contributed by atoms with van der Waals surface area (Å²) in [5, 5.41) is 8.47. The number of aromatic nitrogens is 4. The van der Waals surface area contributed by atoms with Crippen molar-refractivity contribution in [3.8, 4) is 0 Å². The molecule has 0 atom stereocenters. The molecule has 2 aromatic heterocycles. The molecular formula is C14H21N5S. The third-order valence-corrected chi connectivity index (χ3v) is 3.56. The van der Waals surface area contributed by atoms with Gasteiger partial charge in [0.25, 0.3) is 0 Å². The van der Waals surface area contributed by atoms with Crippen LogP contribution in [0.1, 0.15) is 38.9 Å². The predicted molar refractivity (Wildman–Crippen MR) is 82.2 cm³/mol. The largest absolute Gasteiger partial charge is 0.370 e. The fourth-order valence-electron chi connectivity index (χ4n) is 1.67. The Kier molecular flexibility index (Phi) is 5.00. The van der Waals surface area contributed by atoms with Crippen molar-refractivity contribution in [1.29, 1.82) is 0 Å². The van der Waals surface area contributed by atoms with E-state index >= 15 is 0 Å². The van der Waals surface area contributed by atoms with Gasteiger partial charge in [0.2, 0.25) is 0 Å². The molecule has 2 rings (SSSR count). The van der Waals surface area contributed by atoms with Gasteiger partial charge < -0.3 is 5.32 Å². The van der Waals surface area contributed by atoms with Gasteiger partial charge in [0.1, 0.15) is 16.7 Å². The average molecular weight is 291 g/mol. The van der Waals surface area contributed by atoms with E-state index in [0.717, 1.165) is 34.5 Å². The van der Waals surface area contributed by atoms with Gasteiger partial charge in [0.15, 0.2) is 0 Å². The van der Waals surface area contributed by atoms with E-state index in [2.05, 4.69) is 41.2 Å². The van der Waals surface area contributed by atoms with Gasteiger partial charge in [0.05, 0.1) is 11.1 Å². The van der Waals surface area contributed by atoms with Gasteiger partial charge in [-0.05, 0) is 6.42 Å². The highest BCUT2D eigenvalue weighted by Crippen LogP contribution is 2.28. The Labute approximate surface area is 124 Å². The molecule has 0 fully saturated rings. The molecule has 108 valence electrons. The van der Waals surface area contributed by atoms with Crippen LogP contribution in [-0.2, 0) is 7.05 Å². The Hall–Kier alpha value is -1.56. The lowest BCUT2D eigenvalue weighted by molar-refractivity contribution is 0.753. The van der Waals surface area contributed by atoms with Crippen molar-refractivity contribution < 1.29 is 0 Å². The van der Waals surface area contributed by atoms with E-state index in [4.69, 9.17) is 0 Å². The van der Waals surface area contributed by atoms with E-state index in [0.29, 0.717) is 5.92 Å². The molecule has 20 heavy (non-hydrogen) atoms. The molecule has 0 spiro atoms. The molecule has 0 bridgehead atoms. The minimum atomic E-state index is 0.312. The number of nitrogens with one attached hydrogen (secondary N) is 1. The Bertz CT molecular complexity index is 564. The predicted octanol–water partition coefficient (Wildman–Crippen LogP) is 3.31. The van der Waals surface area contributed by atoms with E-state index in [1.54, 1.807) is 16.4 Å². The van der Waals surface area contributed by atoms with Crippen molar-refractivity contribution >= 4 is 17.6 Å². The topological polar surface area (TPSA) is 55.6 Å². The highest BCUT2D eigenvalue weighted by Gasteiger charge is 2.09. The standard InChI is InChI=1S/C14H21N5S/c1-5-6-15-12-7-13(18-14(17-12)10(2)3)20-11-8-16-19(4)9-11/h7-10H,5-6H2,1-4H3,(H,15,17,18). The van der Waals surface area contributed by atoms with Crippen LogP contribution in [0.2, 0.25) is 0 Å². The molecule has 0 aromatic carbocycles. The summed E-state index contributed by atoms with van der Waals surface area (Å²) in [6.07, 6.45) is 4.91. The van der Waals surface area contributed by atoms with Crippen molar-refractivity contribution in [3.63, 3.8) is 0 Å². The first kappa shape index (κ1) is 14.8. The maximum atomic E-state index is 4.62. The molecule has 0 aliphatic carbocycles. The SMILES string of the molecule is CCCNc1cc(Sc2cnn(C)c2)nc(C(C)C)n1. The van der Waals surface area contributed by atoms with E-state index in [9.17, 15) is 0 Å². The molecule has 0 aliphatic heterocycles. The van der Waals surface area contributed by atoms with Crippen LogP contribution in [-0.4, -0.2) is 26.3 Å². The van der Waals surface area contributed by atoms with Gasteiger partial charge in [-0.15, -0.1) is 0 Å². The molecule has 2 aromatic rings. The molecule has 0 unspecified atom stereocenters. The zero-order valence-electron chi connectivity index (χ0n) is 12.4. The normalized spacial score (nSPS) is 11.1. The Morgan fingerprint density at radius 3 is 2.75 bits per heavy atom. The summed E-state index contributed by atoms with van der Waals surface area (Å²) >= 11 is 1.61. The average Bonchev–Trinajstić information content (AvgIpc) is 2.81. The third kappa shape index (κ3) is 3.96. The maximum absolute atomic E-state index is 4.62. The van der Waals surface area contributed by atoms with Crippen molar-refractivity contribution in [1.82, 2.24) is 19.7 Å². The number of anilines is 1. The van der Waals surface area contributed by atoms with Crippen molar-refractivity contribution in [2.24, 2.45) is 7.05 Å². The lowest BCUT2D eigenvalue weighted by Gasteiger charge is -2.10. The van der Waals surface area contributed by atoms with Crippen molar-refractivity contribution in [2.75, 3.05) is 11.9 Å². The van der Waals surface area contributed by atoms with Gasteiger partial charge in [0, 0.05) is 31.8 Å². The highest BCUT2D eigenvalue weighted by molar-refractivity contribution is 7.99. The molecule has 0 aliphatic rings.